The van der Waals surface area contributed by atoms with Crippen LogP contribution in [-0.4, -0.2) is 17.6 Å². The molecule has 2 rings (SSSR count). The van der Waals surface area contributed by atoms with Gasteiger partial charge >= 0.3 is 0 Å². The summed E-state index contributed by atoms with van der Waals surface area (Å²) in [7, 11) is 0. The Labute approximate surface area is 124 Å². The van der Waals surface area contributed by atoms with Crippen LogP contribution in [0.4, 0.5) is 10.1 Å². The van der Waals surface area contributed by atoms with Crippen LogP contribution in [0.2, 0.25) is 0 Å². The van der Waals surface area contributed by atoms with E-state index in [2.05, 4.69) is 17.2 Å². The Morgan fingerprint density at radius 3 is 2.76 bits per heavy atom. The summed E-state index contributed by atoms with van der Waals surface area (Å²) >= 11 is 0. The summed E-state index contributed by atoms with van der Waals surface area (Å²) in [5.74, 6) is 4.82. The van der Waals surface area contributed by atoms with E-state index in [1.807, 2.05) is 0 Å². The predicted molar refractivity (Wildman–Crippen MR) is 80.2 cm³/mol. The zero-order valence-electron chi connectivity index (χ0n) is 12.0. The van der Waals surface area contributed by atoms with Gasteiger partial charge in [-0.15, -0.1) is 0 Å². The molecule has 0 spiro atoms. The first-order valence-electron chi connectivity index (χ1n) is 7.38. The molecule has 3 nitrogen and oxygen atoms in total. The van der Waals surface area contributed by atoms with Gasteiger partial charge in [0.1, 0.15) is 12.4 Å². The molecule has 1 fully saturated rings. The van der Waals surface area contributed by atoms with E-state index in [-0.39, 0.29) is 18.1 Å². The van der Waals surface area contributed by atoms with Gasteiger partial charge in [0.25, 0.3) is 0 Å². The van der Waals surface area contributed by atoms with Gasteiger partial charge in [-0.05, 0) is 37.0 Å². The highest BCUT2D eigenvalue weighted by Gasteiger charge is 2.17. The van der Waals surface area contributed by atoms with Crippen molar-refractivity contribution in [1.29, 1.82) is 0 Å². The Morgan fingerprint density at radius 2 is 2.10 bits per heavy atom. The van der Waals surface area contributed by atoms with Crippen LogP contribution >= 0.6 is 0 Å². The second-order valence-corrected chi connectivity index (χ2v) is 5.41. The first-order chi connectivity index (χ1) is 10.2. The van der Waals surface area contributed by atoms with Gasteiger partial charge in [0.2, 0.25) is 5.91 Å². The number of hydrogen-bond acceptors (Lipinski definition) is 2. The molecule has 112 valence electrons. The molecule has 0 heterocycles. The van der Waals surface area contributed by atoms with Crippen LogP contribution in [0.25, 0.3) is 0 Å². The molecule has 0 unspecified atom stereocenters. The van der Waals surface area contributed by atoms with Gasteiger partial charge in [0, 0.05) is 12.1 Å². The van der Waals surface area contributed by atoms with Gasteiger partial charge in [-0.1, -0.05) is 31.1 Å². The SMILES string of the molecule is O=C(CC1CCCCC1)Nc1ccc(C#CCO)c(F)c1. The van der Waals surface area contributed by atoms with Crippen LogP contribution < -0.4 is 5.32 Å². The highest BCUT2D eigenvalue weighted by Crippen LogP contribution is 2.26. The molecule has 1 amide bonds. The van der Waals surface area contributed by atoms with Crippen molar-refractivity contribution in [2.24, 2.45) is 5.92 Å². The summed E-state index contributed by atoms with van der Waals surface area (Å²) in [6.45, 7) is -0.306. The summed E-state index contributed by atoms with van der Waals surface area (Å²) in [5.41, 5.74) is 0.664. The Kier molecular flexibility index (Phi) is 5.77. The van der Waals surface area contributed by atoms with Gasteiger partial charge in [0.05, 0.1) is 5.56 Å². The molecule has 2 N–H and O–H groups in total. The largest absolute Gasteiger partial charge is 0.384 e. The van der Waals surface area contributed by atoms with Crippen molar-refractivity contribution < 1.29 is 14.3 Å². The number of rotatable bonds is 3. The topological polar surface area (TPSA) is 49.3 Å². The molecule has 21 heavy (non-hydrogen) atoms. The Hall–Kier alpha value is -1.86. The highest BCUT2D eigenvalue weighted by atomic mass is 19.1. The first-order valence-corrected chi connectivity index (χ1v) is 7.38. The normalized spacial score (nSPS) is 15.1. The number of amides is 1. The third kappa shape index (κ3) is 4.87. The van der Waals surface area contributed by atoms with Crippen molar-refractivity contribution in [3.63, 3.8) is 0 Å². The maximum atomic E-state index is 13.7. The maximum absolute atomic E-state index is 13.7. The predicted octanol–water partition coefficient (Wildman–Crippen LogP) is 3.08. The molecule has 1 aromatic carbocycles. The van der Waals surface area contributed by atoms with Crippen LogP contribution in [0.5, 0.6) is 0 Å². The van der Waals surface area contributed by atoms with Crippen molar-refractivity contribution in [3.05, 3.63) is 29.6 Å². The van der Waals surface area contributed by atoms with Crippen molar-refractivity contribution in [1.82, 2.24) is 0 Å². The summed E-state index contributed by atoms with van der Waals surface area (Å²) in [6.07, 6.45) is 6.39. The second kappa shape index (κ2) is 7.80. The van der Waals surface area contributed by atoms with E-state index in [0.29, 0.717) is 18.0 Å². The third-order valence-corrected chi connectivity index (χ3v) is 3.75. The molecule has 0 saturated heterocycles. The van der Waals surface area contributed by atoms with Crippen molar-refractivity contribution in [3.8, 4) is 11.8 Å². The minimum atomic E-state index is -0.494. The smallest absolute Gasteiger partial charge is 0.224 e. The van der Waals surface area contributed by atoms with Crippen molar-refractivity contribution in [2.45, 2.75) is 38.5 Å². The Morgan fingerprint density at radius 1 is 1.33 bits per heavy atom. The Bertz CT molecular complexity index is 554. The lowest BCUT2D eigenvalue weighted by molar-refractivity contribution is -0.117. The molecule has 1 aliphatic rings. The average molecular weight is 289 g/mol. The fourth-order valence-corrected chi connectivity index (χ4v) is 2.69. The molecule has 1 aromatic rings. The lowest BCUT2D eigenvalue weighted by Crippen LogP contribution is -2.18. The number of hydrogen-bond donors (Lipinski definition) is 2. The first kappa shape index (κ1) is 15.5. The van der Waals surface area contributed by atoms with Gasteiger partial charge in [0.15, 0.2) is 0 Å². The third-order valence-electron chi connectivity index (χ3n) is 3.75. The fourth-order valence-electron chi connectivity index (χ4n) is 2.69. The van der Waals surface area contributed by atoms with E-state index >= 15 is 0 Å². The summed E-state index contributed by atoms with van der Waals surface area (Å²) in [5, 5.41) is 11.3. The minimum absolute atomic E-state index is 0.0597. The van der Waals surface area contributed by atoms with E-state index in [9.17, 15) is 9.18 Å². The molecule has 0 atom stereocenters. The van der Waals surface area contributed by atoms with E-state index < -0.39 is 5.82 Å². The lowest BCUT2D eigenvalue weighted by Gasteiger charge is -2.20. The monoisotopic (exact) mass is 289 g/mol. The fraction of sp³-hybridized carbons (Fsp3) is 0.471. The molecule has 0 aliphatic heterocycles. The van der Waals surface area contributed by atoms with Gasteiger partial charge < -0.3 is 10.4 Å². The zero-order chi connectivity index (χ0) is 15.1. The van der Waals surface area contributed by atoms with Crippen LogP contribution in [0.15, 0.2) is 18.2 Å². The molecule has 1 aliphatic carbocycles. The lowest BCUT2D eigenvalue weighted by atomic mass is 9.87. The highest BCUT2D eigenvalue weighted by molar-refractivity contribution is 5.90. The quantitative estimate of drug-likeness (QED) is 0.840. The van der Waals surface area contributed by atoms with Crippen LogP contribution in [0, 0.1) is 23.6 Å². The molecule has 0 aromatic heterocycles. The van der Waals surface area contributed by atoms with Crippen molar-refractivity contribution in [2.75, 3.05) is 11.9 Å². The van der Waals surface area contributed by atoms with E-state index in [1.165, 1.54) is 31.4 Å². The van der Waals surface area contributed by atoms with Gasteiger partial charge in [-0.2, -0.15) is 0 Å². The molecular formula is C17H20FNO2. The van der Waals surface area contributed by atoms with Crippen LogP contribution in [0.3, 0.4) is 0 Å². The number of aliphatic hydroxyl groups excluding tert-OH is 1. The van der Waals surface area contributed by atoms with E-state index in [0.717, 1.165) is 12.8 Å². The van der Waals surface area contributed by atoms with Crippen molar-refractivity contribution >= 4 is 11.6 Å². The molecule has 0 bridgehead atoms. The summed E-state index contributed by atoms with van der Waals surface area (Å²) < 4.78 is 13.7. The zero-order valence-corrected chi connectivity index (χ0v) is 12.0. The standard InChI is InChI=1S/C17H20FNO2/c18-16-12-15(9-8-14(16)7-4-10-20)19-17(21)11-13-5-2-1-3-6-13/h8-9,12-13,20H,1-3,5-6,10-11H2,(H,19,21). The van der Waals surface area contributed by atoms with Gasteiger partial charge in [-0.25, -0.2) is 4.39 Å². The number of halogens is 1. The molecule has 4 heteroatoms. The number of carbonyl (C=O) groups excluding carboxylic acids is 1. The minimum Gasteiger partial charge on any atom is -0.384 e. The van der Waals surface area contributed by atoms with E-state index in [1.54, 1.807) is 6.07 Å². The summed E-state index contributed by atoms with van der Waals surface area (Å²) in [4.78, 5) is 12.0. The van der Waals surface area contributed by atoms with E-state index in [4.69, 9.17) is 5.11 Å². The average Bonchev–Trinajstić information content (AvgIpc) is 2.47. The number of benzene rings is 1. The summed E-state index contributed by atoms with van der Waals surface area (Å²) in [6, 6.07) is 4.40. The molecular weight excluding hydrogens is 269 g/mol. The molecule has 0 radical (unpaired) electrons. The number of anilines is 1. The second-order valence-electron chi connectivity index (χ2n) is 5.41. The van der Waals surface area contributed by atoms with Crippen LogP contribution in [0.1, 0.15) is 44.1 Å². The van der Waals surface area contributed by atoms with Gasteiger partial charge in [-0.3, -0.25) is 4.79 Å². The molecule has 1 saturated carbocycles. The number of nitrogens with one attached hydrogen (secondary N) is 1. The number of aliphatic hydroxyl groups is 1. The maximum Gasteiger partial charge on any atom is 0.224 e. The number of carbonyl (C=O) groups is 1. The van der Waals surface area contributed by atoms with Crippen LogP contribution in [-0.2, 0) is 4.79 Å². The Balaban J connectivity index is 1.92.